The summed E-state index contributed by atoms with van der Waals surface area (Å²) in [4.78, 5) is 0. The molecule has 0 nitrogen and oxygen atoms in total. The molecule has 0 aliphatic heterocycles. The average molecular weight is 210 g/mol. The van der Waals surface area contributed by atoms with Gasteiger partial charge in [0.1, 0.15) is 0 Å². The lowest BCUT2D eigenvalue weighted by molar-refractivity contribution is 0.904. The SMILES string of the molecule is CCCc1ccccc1Cc1ccccc1. The lowest BCUT2D eigenvalue weighted by Gasteiger charge is -2.08. The standard InChI is InChI=1S/C16H18/c1-2-8-15-11-6-7-12-16(15)13-14-9-4-3-5-10-14/h3-7,9-12H,2,8,13H2,1H3. The number of hydrogen-bond acceptors (Lipinski definition) is 0. The molecule has 0 heterocycles. The van der Waals surface area contributed by atoms with Crippen LogP contribution in [0.5, 0.6) is 0 Å². The minimum Gasteiger partial charge on any atom is -0.0651 e. The third kappa shape index (κ3) is 2.73. The summed E-state index contributed by atoms with van der Waals surface area (Å²) in [7, 11) is 0. The topological polar surface area (TPSA) is 0 Å². The molecule has 0 N–H and O–H groups in total. The summed E-state index contributed by atoms with van der Waals surface area (Å²) < 4.78 is 0. The van der Waals surface area contributed by atoms with Crippen LogP contribution in [0.2, 0.25) is 0 Å². The Balaban J connectivity index is 2.21. The van der Waals surface area contributed by atoms with Crippen molar-refractivity contribution in [2.75, 3.05) is 0 Å². The van der Waals surface area contributed by atoms with Crippen LogP contribution in [0.3, 0.4) is 0 Å². The molecule has 0 saturated carbocycles. The largest absolute Gasteiger partial charge is 0.0651 e. The van der Waals surface area contributed by atoms with Gasteiger partial charge >= 0.3 is 0 Å². The van der Waals surface area contributed by atoms with E-state index in [1.807, 2.05) is 0 Å². The predicted octanol–water partition coefficient (Wildman–Crippen LogP) is 4.23. The number of benzene rings is 2. The highest BCUT2D eigenvalue weighted by Gasteiger charge is 2.01. The lowest BCUT2D eigenvalue weighted by Crippen LogP contribution is -1.94. The molecule has 0 amide bonds. The molecular weight excluding hydrogens is 192 g/mol. The summed E-state index contributed by atoms with van der Waals surface area (Å²) in [6, 6.07) is 19.5. The van der Waals surface area contributed by atoms with Gasteiger partial charge < -0.3 is 0 Å². The summed E-state index contributed by atoms with van der Waals surface area (Å²) in [5.74, 6) is 0. The summed E-state index contributed by atoms with van der Waals surface area (Å²) in [6.07, 6.45) is 3.45. The quantitative estimate of drug-likeness (QED) is 0.708. The molecule has 82 valence electrons. The fourth-order valence-electron chi connectivity index (χ4n) is 2.06. The molecule has 0 saturated heterocycles. The van der Waals surface area contributed by atoms with Crippen LogP contribution in [0, 0.1) is 0 Å². The molecule has 0 unspecified atom stereocenters. The van der Waals surface area contributed by atoms with Crippen molar-refractivity contribution >= 4 is 0 Å². The van der Waals surface area contributed by atoms with Gasteiger partial charge in [0.05, 0.1) is 0 Å². The van der Waals surface area contributed by atoms with Crippen molar-refractivity contribution < 1.29 is 0 Å². The molecule has 0 bridgehead atoms. The Labute approximate surface area is 97.9 Å². The molecule has 16 heavy (non-hydrogen) atoms. The Hall–Kier alpha value is -1.56. The highest BCUT2D eigenvalue weighted by Crippen LogP contribution is 2.15. The zero-order valence-corrected chi connectivity index (χ0v) is 9.82. The maximum atomic E-state index is 2.25. The van der Waals surface area contributed by atoms with Crippen LogP contribution in [0.15, 0.2) is 54.6 Å². The van der Waals surface area contributed by atoms with E-state index in [2.05, 4.69) is 61.5 Å². The number of hydrogen-bond donors (Lipinski definition) is 0. The fourth-order valence-corrected chi connectivity index (χ4v) is 2.06. The van der Waals surface area contributed by atoms with E-state index in [1.54, 1.807) is 0 Å². The van der Waals surface area contributed by atoms with Gasteiger partial charge in [0.2, 0.25) is 0 Å². The van der Waals surface area contributed by atoms with E-state index in [9.17, 15) is 0 Å². The minimum absolute atomic E-state index is 1.05. The summed E-state index contributed by atoms with van der Waals surface area (Å²) >= 11 is 0. The highest BCUT2D eigenvalue weighted by molar-refractivity contribution is 5.32. The van der Waals surface area contributed by atoms with Crippen LogP contribution in [0.1, 0.15) is 30.0 Å². The Morgan fingerprint density at radius 1 is 0.750 bits per heavy atom. The zero-order valence-electron chi connectivity index (χ0n) is 9.82. The van der Waals surface area contributed by atoms with Gasteiger partial charge in [-0.3, -0.25) is 0 Å². The molecule has 0 radical (unpaired) electrons. The Morgan fingerprint density at radius 3 is 2.06 bits per heavy atom. The Bertz CT molecular complexity index is 429. The summed E-state index contributed by atoms with van der Waals surface area (Å²) in [5.41, 5.74) is 4.36. The van der Waals surface area contributed by atoms with Gasteiger partial charge in [-0.15, -0.1) is 0 Å². The van der Waals surface area contributed by atoms with Crippen molar-refractivity contribution in [2.45, 2.75) is 26.2 Å². The van der Waals surface area contributed by atoms with Crippen LogP contribution >= 0.6 is 0 Å². The van der Waals surface area contributed by atoms with Crippen molar-refractivity contribution in [2.24, 2.45) is 0 Å². The van der Waals surface area contributed by atoms with E-state index >= 15 is 0 Å². The van der Waals surface area contributed by atoms with Gasteiger partial charge in [0.15, 0.2) is 0 Å². The van der Waals surface area contributed by atoms with Gasteiger partial charge in [-0.2, -0.15) is 0 Å². The molecule has 2 aromatic carbocycles. The third-order valence-corrected chi connectivity index (χ3v) is 2.88. The van der Waals surface area contributed by atoms with Gasteiger partial charge in [-0.05, 0) is 29.5 Å². The van der Waals surface area contributed by atoms with Gasteiger partial charge in [0, 0.05) is 0 Å². The van der Waals surface area contributed by atoms with Crippen molar-refractivity contribution in [3.05, 3.63) is 71.3 Å². The third-order valence-electron chi connectivity index (χ3n) is 2.88. The molecule has 0 fully saturated rings. The van der Waals surface area contributed by atoms with Crippen molar-refractivity contribution in [3.8, 4) is 0 Å². The lowest BCUT2D eigenvalue weighted by atomic mass is 9.97. The first kappa shape index (κ1) is 10.9. The van der Waals surface area contributed by atoms with Gasteiger partial charge in [0.25, 0.3) is 0 Å². The molecule has 2 rings (SSSR count). The summed E-state index contributed by atoms with van der Waals surface area (Å²) in [6.45, 7) is 2.24. The first-order chi connectivity index (χ1) is 7.90. The molecule has 0 aliphatic carbocycles. The van der Waals surface area contributed by atoms with E-state index < -0.39 is 0 Å². The van der Waals surface area contributed by atoms with Crippen LogP contribution < -0.4 is 0 Å². The Kier molecular flexibility index (Phi) is 3.76. The average Bonchev–Trinajstić information content (AvgIpc) is 2.33. The van der Waals surface area contributed by atoms with Crippen LogP contribution in [-0.4, -0.2) is 0 Å². The van der Waals surface area contributed by atoms with Gasteiger partial charge in [-0.1, -0.05) is 67.9 Å². The van der Waals surface area contributed by atoms with Crippen LogP contribution in [0.25, 0.3) is 0 Å². The molecule has 2 aromatic rings. The van der Waals surface area contributed by atoms with E-state index in [0.29, 0.717) is 0 Å². The normalized spacial score (nSPS) is 10.3. The molecule has 0 heteroatoms. The molecule has 0 atom stereocenters. The predicted molar refractivity (Wildman–Crippen MR) is 69.7 cm³/mol. The van der Waals surface area contributed by atoms with E-state index in [1.165, 1.54) is 29.5 Å². The smallest absolute Gasteiger partial charge is 0.00230 e. The second-order valence-electron chi connectivity index (χ2n) is 4.18. The molecule has 0 spiro atoms. The number of rotatable bonds is 4. The zero-order chi connectivity index (χ0) is 11.2. The first-order valence-electron chi connectivity index (χ1n) is 6.01. The van der Waals surface area contributed by atoms with Gasteiger partial charge in [-0.25, -0.2) is 0 Å². The van der Waals surface area contributed by atoms with Crippen LogP contribution in [0.4, 0.5) is 0 Å². The molecule has 0 aromatic heterocycles. The second-order valence-corrected chi connectivity index (χ2v) is 4.18. The van der Waals surface area contributed by atoms with E-state index in [4.69, 9.17) is 0 Å². The monoisotopic (exact) mass is 210 g/mol. The number of aryl methyl sites for hydroxylation is 1. The molecule has 0 aliphatic rings. The summed E-state index contributed by atoms with van der Waals surface area (Å²) in [5, 5.41) is 0. The van der Waals surface area contributed by atoms with Crippen molar-refractivity contribution in [3.63, 3.8) is 0 Å². The van der Waals surface area contributed by atoms with E-state index in [0.717, 1.165) is 6.42 Å². The highest BCUT2D eigenvalue weighted by atomic mass is 14.1. The van der Waals surface area contributed by atoms with Crippen LogP contribution in [-0.2, 0) is 12.8 Å². The first-order valence-corrected chi connectivity index (χ1v) is 6.01. The van der Waals surface area contributed by atoms with Crippen molar-refractivity contribution in [1.82, 2.24) is 0 Å². The minimum atomic E-state index is 1.05. The molecular formula is C16H18. The Morgan fingerprint density at radius 2 is 1.38 bits per heavy atom. The fraction of sp³-hybridized carbons (Fsp3) is 0.250. The second kappa shape index (κ2) is 5.50. The maximum absolute atomic E-state index is 2.25. The maximum Gasteiger partial charge on any atom is -0.00230 e. The van der Waals surface area contributed by atoms with E-state index in [-0.39, 0.29) is 0 Å². The van der Waals surface area contributed by atoms with Crippen molar-refractivity contribution in [1.29, 1.82) is 0 Å².